The second-order valence-electron chi connectivity index (χ2n) is 4.90. The van der Waals surface area contributed by atoms with Gasteiger partial charge in [-0.1, -0.05) is 12.2 Å². The van der Waals surface area contributed by atoms with Crippen molar-refractivity contribution in [3.05, 3.63) is 42.2 Å². The lowest BCUT2D eigenvalue weighted by molar-refractivity contribution is 0.0954. The SMILES string of the molecule is O=C(N/N=C\[C@H]1C[C@H]2C=C[C@@H]1C2)c1cccnc1. The summed E-state index contributed by atoms with van der Waals surface area (Å²) in [5.41, 5.74) is 3.08. The van der Waals surface area contributed by atoms with Gasteiger partial charge in [0.25, 0.3) is 5.91 Å². The summed E-state index contributed by atoms with van der Waals surface area (Å²) in [7, 11) is 0. The highest BCUT2D eigenvalue weighted by Crippen LogP contribution is 2.42. The standard InChI is InChI=1S/C14H15N3O/c18-14(12-2-1-5-15-8-12)17-16-9-13-7-10-3-4-11(13)6-10/h1-5,8-11,13H,6-7H2,(H,17,18)/b16-9-/t10-,11+,13+/m0/s1. The number of hydrogen-bond donors (Lipinski definition) is 1. The Bertz CT molecular complexity index is 495. The molecule has 2 aliphatic carbocycles. The van der Waals surface area contributed by atoms with Crippen molar-refractivity contribution in [2.45, 2.75) is 12.8 Å². The minimum atomic E-state index is -0.210. The van der Waals surface area contributed by atoms with Crippen LogP contribution >= 0.6 is 0 Å². The van der Waals surface area contributed by atoms with E-state index in [1.165, 1.54) is 12.6 Å². The molecule has 1 aromatic heterocycles. The van der Waals surface area contributed by atoms with Crippen molar-refractivity contribution in [3.63, 3.8) is 0 Å². The second-order valence-corrected chi connectivity index (χ2v) is 4.90. The van der Waals surface area contributed by atoms with Gasteiger partial charge < -0.3 is 0 Å². The minimum absolute atomic E-state index is 0.210. The average molecular weight is 241 g/mol. The van der Waals surface area contributed by atoms with E-state index < -0.39 is 0 Å². The molecule has 4 nitrogen and oxygen atoms in total. The largest absolute Gasteiger partial charge is 0.272 e. The van der Waals surface area contributed by atoms with Crippen molar-refractivity contribution in [3.8, 4) is 0 Å². The molecule has 3 atom stereocenters. The normalized spacial score (nSPS) is 29.0. The van der Waals surface area contributed by atoms with Crippen LogP contribution in [0.2, 0.25) is 0 Å². The summed E-state index contributed by atoms with van der Waals surface area (Å²) in [6.45, 7) is 0. The Morgan fingerprint density at radius 2 is 2.39 bits per heavy atom. The fourth-order valence-corrected chi connectivity index (χ4v) is 2.75. The van der Waals surface area contributed by atoms with Crippen LogP contribution in [-0.4, -0.2) is 17.1 Å². The van der Waals surface area contributed by atoms with Crippen LogP contribution in [0.5, 0.6) is 0 Å². The monoisotopic (exact) mass is 241 g/mol. The van der Waals surface area contributed by atoms with Gasteiger partial charge in [-0.3, -0.25) is 9.78 Å². The van der Waals surface area contributed by atoms with Gasteiger partial charge in [-0.25, -0.2) is 5.43 Å². The van der Waals surface area contributed by atoms with E-state index in [0.29, 0.717) is 17.4 Å². The van der Waals surface area contributed by atoms with E-state index in [9.17, 15) is 4.79 Å². The van der Waals surface area contributed by atoms with Crippen molar-refractivity contribution >= 4 is 12.1 Å². The van der Waals surface area contributed by atoms with Gasteiger partial charge in [-0.05, 0) is 36.8 Å². The third-order valence-electron chi connectivity index (χ3n) is 3.69. The molecule has 0 aromatic carbocycles. The van der Waals surface area contributed by atoms with Gasteiger partial charge >= 0.3 is 0 Å². The van der Waals surface area contributed by atoms with Crippen molar-refractivity contribution in [1.82, 2.24) is 10.4 Å². The van der Waals surface area contributed by atoms with Crippen LogP contribution in [-0.2, 0) is 0 Å². The highest BCUT2D eigenvalue weighted by Gasteiger charge is 2.34. The Morgan fingerprint density at radius 3 is 3.06 bits per heavy atom. The fourth-order valence-electron chi connectivity index (χ4n) is 2.75. The van der Waals surface area contributed by atoms with Crippen LogP contribution in [0.4, 0.5) is 0 Å². The lowest BCUT2D eigenvalue weighted by atomic mass is 9.95. The molecule has 2 aliphatic rings. The Kier molecular flexibility index (Phi) is 2.92. The minimum Gasteiger partial charge on any atom is -0.267 e. The number of pyridine rings is 1. The number of amides is 1. The van der Waals surface area contributed by atoms with Gasteiger partial charge in [0.2, 0.25) is 0 Å². The summed E-state index contributed by atoms with van der Waals surface area (Å²) in [5.74, 6) is 1.61. The summed E-state index contributed by atoms with van der Waals surface area (Å²) in [5, 5.41) is 4.06. The molecule has 92 valence electrons. The first-order valence-electron chi connectivity index (χ1n) is 6.25. The van der Waals surface area contributed by atoms with E-state index in [1.54, 1.807) is 18.3 Å². The van der Waals surface area contributed by atoms with E-state index in [4.69, 9.17) is 0 Å². The molecule has 1 N–H and O–H groups in total. The smallest absolute Gasteiger partial charge is 0.267 e. The van der Waals surface area contributed by atoms with Crippen molar-refractivity contribution < 1.29 is 4.79 Å². The van der Waals surface area contributed by atoms with E-state index in [1.807, 2.05) is 6.21 Å². The molecule has 1 heterocycles. The Morgan fingerprint density at radius 1 is 1.44 bits per heavy atom. The van der Waals surface area contributed by atoms with Crippen molar-refractivity contribution in [2.75, 3.05) is 0 Å². The molecular weight excluding hydrogens is 226 g/mol. The van der Waals surface area contributed by atoms with Crippen LogP contribution in [0.3, 0.4) is 0 Å². The fraction of sp³-hybridized carbons (Fsp3) is 0.357. The van der Waals surface area contributed by atoms with Crippen molar-refractivity contribution in [1.29, 1.82) is 0 Å². The molecule has 2 bridgehead atoms. The predicted octanol–water partition coefficient (Wildman–Crippen LogP) is 2.01. The first-order valence-corrected chi connectivity index (χ1v) is 6.25. The molecule has 0 radical (unpaired) electrons. The summed E-state index contributed by atoms with van der Waals surface area (Å²) in [6.07, 6.45) is 12.0. The molecule has 1 saturated carbocycles. The number of hydrazone groups is 1. The van der Waals surface area contributed by atoms with E-state index >= 15 is 0 Å². The quantitative estimate of drug-likeness (QED) is 0.500. The zero-order valence-corrected chi connectivity index (χ0v) is 9.99. The summed E-state index contributed by atoms with van der Waals surface area (Å²) in [6, 6.07) is 3.46. The van der Waals surface area contributed by atoms with Gasteiger partial charge in [0.15, 0.2) is 0 Å². The number of fused-ring (bicyclic) bond motifs is 2. The first-order chi connectivity index (χ1) is 8.83. The van der Waals surface area contributed by atoms with Gasteiger partial charge in [0.1, 0.15) is 0 Å². The van der Waals surface area contributed by atoms with Crippen molar-refractivity contribution in [2.24, 2.45) is 22.9 Å². The van der Waals surface area contributed by atoms with Gasteiger partial charge in [0, 0.05) is 24.5 Å². The Balaban J connectivity index is 1.55. The third-order valence-corrected chi connectivity index (χ3v) is 3.69. The maximum Gasteiger partial charge on any atom is 0.272 e. The molecule has 4 heteroatoms. The number of nitrogens with zero attached hydrogens (tertiary/aromatic N) is 2. The molecule has 3 rings (SSSR count). The van der Waals surface area contributed by atoms with Gasteiger partial charge in [0.05, 0.1) is 5.56 Å². The third kappa shape index (κ3) is 2.18. The molecule has 0 spiro atoms. The first kappa shape index (κ1) is 11.1. The molecule has 18 heavy (non-hydrogen) atoms. The molecule has 1 amide bonds. The summed E-state index contributed by atoms with van der Waals surface area (Å²) in [4.78, 5) is 15.6. The number of rotatable bonds is 3. The second kappa shape index (κ2) is 4.72. The highest BCUT2D eigenvalue weighted by molar-refractivity contribution is 5.93. The average Bonchev–Trinajstić information content (AvgIpc) is 3.02. The maximum atomic E-state index is 11.7. The van der Waals surface area contributed by atoms with Crippen LogP contribution in [0, 0.1) is 17.8 Å². The van der Waals surface area contributed by atoms with E-state index in [0.717, 1.165) is 12.3 Å². The van der Waals surface area contributed by atoms with E-state index in [2.05, 4.69) is 27.7 Å². The lowest BCUT2D eigenvalue weighted by Crippen LogP contribution is -2.19. The molecule has 1 fully saturated rings. The maximum absolute atomic E-state index is 11.7. The van der Waals surface area contributed by atoms with Crippen LogP contribution in [0.15, 0.2) is 41.8 Å². The molecule has 0 saturated heterocycles. The summed E-state index contributed by atoms with van der Waals surface area (Å²) < 4.78 is 0. The molecule has 0 aliphatic heterocycles. The zero-order valence-electron chi connectivity index (χ0n) is 9.99. The molecule has 0 unspecified atom stereocenters. The number of carbonyl (C=O) groups is 1. The number of aromatic nitrogens is 1. The van der Waals surface area contributed by atoms with E-state index in [-0.39, 0.29) is 5.91 Å². The Labute approximate surface area is 106 Å². The number of carbonyl (C=O) groups excluding carboxylic acids is 1. The zero-order chi connectivity index (χ0) is 12.4. The lowest BCUT2D eigenvalue weighted by Gasteiger charge is -2.11. The number of allylic oxidation sites excluding steroid dienone is 2. The van der Waals surface area contributed by atoms with Crippen LogP contribution in [0.25, 0.3) is 0 Å². The van der Waals surface area contributed by atoms with Gasteiger partial charge in [-0.15, -0.1) is 0 Å². The molecular formula is C14H15N3O. The number of nitrogens with one attached hydrogen (secondary N) is 1. The summed E-state index contributed by atoms with van der Waals surface area (Å²) >= 11 is 0. The van der Waals surface area contributed by atoms with Crippen LogP contribution < -0.4 is 5.43 Å². The highest BCUT2D eigenvalue weighted by atomic mass is 16.2. The Hall–Kier alpha value is -1.97. The van der Waals surface area contributed by atoms with Gasteiger partial charge in [-0.2, -0.15) is 5.10 Å². The van der Waals surface area contributed by atoms with Crippen LogP contribution in [0.1, 0.15) is 23.2 Å². The number of hydrogen-bond acceptors (Lipinski definition) is 3. The predicted molar refractivity (Wildman–Crippen MR) is 69.0 cm³/mol. The topological polar surface area (TPSA) is 54.4 Å². The molecule has 1 aromatic rings.